The number of nitrogens with zero attached hydrogens (tertiary/aromatic N) is 3. The molecule has 0 unspecified atom stereocenters. The molecule has 0 spiro atoms. The van der Waals surface area contributed by atoms with E-state index in [1.54, 1.807) is 36.9 Å². The highest BCUT2D eigenvalue weighted by Crippen LogP contribution is 2.32. The predicted octanol–water partition coefficient (Wildman–Crippen LogP) is 3.38. The van der Waals surface area contributed by atoms with E-state index in [0.29, 0.717) is 36.3 Å². The Morgan fingerprint density at radius 2 is 1.80 bits per heavy atom. The van der Waals surface area contributed by atoms with Crippen molar-refractivity contribution in [2.75, 3.05) is 46.3 Å². The molecule has 1 aliphatic rings. The Morgan fingerprint density at radius 3 is 2.46 bits per heavy atom. The summed E-state index contributed by atoms with van der Waals surface area (Å²) in [7, 11) is 4.72. The van der Waals surface area contributed by atoms with Crippen LogP contribution in [-0.4, -0.2) is 67.3 Å². The zero-order valence-corrected chi connectivity index (χ0v) is 20.2. The van der Waals surface area contributed by atoms with E-state index in [2.05, 4.69) is 10.3 Å². The molecule has 35 heavy (non-hydrogen) atoms. The zero-order chi connectivity index (χ0) is 24.8. The molecular weight excluding hydrogens is 448 g/mol. The fourth-order valence-electron chi connectivity index (χ4n) is 3.78. The van der Waals surface area contributed by atoms with Gasteiger partial charge in [0, 0.05) is 37.4 Å². The molecule has 2 amide bonds. The van der Waals surface area contributed by atoms with Crippen molar-refractivity contribution in [3.63, 3.8) is 0 Å². The predicted molar refractivity (Wildman–Crippen MR) is 132 cm³/mol. The summed E-state index contributed by atoms with van der Waals surface area (Å²) in [4.78, 5) is 31.9. The molecule has 0 saturated heterocycles. The highest BCUT2D eigenvalue weighted by molar-refractivity contribution is 5.94. The molecule has 1 fully saturated rings. The average Bonchev–Trinajstić information content (AvgIpc) is 3.66. The number of anilines is 1. The summed E-state index contributed by atoms with van der Waals surface area (Å²) in [6.45, 7) is 0.654. The van der Waals surface area contributed by atoms with Gasteiger partial charge in [0.25, 0.3) is 0 Å². The first-order valence-electron chi connectivity index (χ1n) is 11.5. The molecule has 0 atom stereocenters. The lowest BCUT2D eigenvalue weighted by Gasteiger charge is -2.22. The number of rotatable bonds is 11. The molecule has 1 aromatic heterocycles. The average molecular weight is 479 g/mol. The molecule has 4 rings (SSSR count). The van der Waals surface area contributed by atoms with Crippen molar-refractivity contribution in [1.82, 2.24) is 14.5 Å². The van der Waals surface area contributed by atoms with Crippen LogP contribution >= 0.6 is 0 Å². The maximum Gasteiger partial charge on any atom is 0.246 e. The lowest BCUT2D eigenvalue weighted by Crippen LogP contribution is -2.41. The van der Waals surface area contributed by atoms with Crippen molar-refractivity contribution in [2.45, 2.75) is 12.8 Å². The van der Waals surface area contributed by atoms with Crippen LogP contribution in [0, 0.1) is 5.92 Å². The molecule has 1 saturated carbocycles. The summed E-state index contributed by atoms with van der Waals surface area (Å²) in [6.07, 6.45) is 3.59. The number of ether oxygens (including phenoxy) is 3. The van der Waals surface area contributed by atoms with Crippen LogP contribution in [0.2, 0.25) is 0 Å². The fraction of sp³-hybridized carbons (Fsp3) is 0.346. The number of carbonyl (C=O) groups excluding carboxylic acids is 2. The Kier molecular flexibility index (Phi) is 7.67. The monoisotopic (exact) mass is 478 g/mol. The van der Waals surface area contributed by atoms with Gasteiger partial charge in [0.2, 0.25) is 17.8 Å². The highest BCUT2D eigenvalue weighted by Gasteiger charge is 2.34. The van der Waals surface area contributed by atoms with E-state index in [1.165, 1.54) is 0 Å². The first-order valence-corrected chi connectivity index (χ1v) is 11.5. The minimum absolute atomic E-state index is 0.00888. The van der Waals surface area contributed by atoms with Crippen LogP contribution in [0.5, 0.6) is 11.5 Å². The molecule has 0 bridgehead atoms. The molecule has 9 nitrogen and oxygen atoms in total. The van der Waals surface area contributed by atoms with Gasteiger partial charge in [-0.1, -0.05) is 30.3 Å². The van der Waals surface area contributed by atoms with Crippen molar-refractivity contribution < 1.29 is 23.8 Å². The van der Waals surface area contributed by atoms with E-state index in [-0.39, 0.29) is 24.3 Å². The Labute approximate surface area is 204 Å². The summed E-state index contributed by atoms with van der Waals surface area (Å²) in [6, 6.07) is 15.2. The van der Waals surface area contributed by atoms with Crippen LogP contribution < -0.4 is 14.8 Å². The lowest BCUT2D eigenvalue weighted by molar-refractivity contribution is -0.136. The summed E-state index contributed by atoms with van der Waals surface area (Å²) in [5.74, 6) is 1.16. The van der Waals surface area contributed by atoms with Crippen molar-refractivity contribution in [1.29, 1.82) is 0 Å². The summed E-state index contributed by atoms with van der Waals surface area (Å²) >= 11 is 0. The Morgan fingerprint density at radius 1 is 1.06 bits per heavy atom. The largest absolute Gasteiger partial charge is 0.493 e. The van der Waals surface area contributed by atoms with Gasteiger partial charge in [0.15, 0.2) is 11.5 Å². The van der Waals surface area contributed by atoms with Crippen molar-refractivity contribution in [2.24, 2.45) is 5.92 Å². The Hall–Kier alpha value is -3.85. The molecule has 2 aromatic carbocycles. The van der Waals surface area contributed by atoms with Crippen LogP contribution in [0.15, 0.2) is 54.7 Å². The van der Waals surface area contributed by atoms with Crippen molar-refractivity contribution in [3.05, 3.63) is 54.7 Å². The molecule has 0 aliphatic heterocycles. The van der Waals surface area contributed by atoms with Gasteiger partial charge in [-0.05, 0) is 25.0 Å². The third-order valence-electron chi connectivity index (χ3n) is 5.81. The number of hydrogen-bond donors (Lipinski definition) is 1. The minimum atomic E-state index is -0.331. The van der Waals surface area contributed by atoms with E-state index in [9.17, 15) is 9.59 Å². The number of methoxy groups -OCH3 is 3. The highest BCUT2D eigenvalue weighted by atomic mass is 16.5. The van der Waals surface area contributed by atoms with Gasteiger partial charge < -0.3 is 19.1 Å². The van der Waals surface area contributed by atoms with Gasteiger partial charge in [-0.3, -0.25) is 19.5 Å². The van der Waals surface area contributed by atoms with Gasteiger partial charge in [-0.2, -0.15) is 0 Å². The van der Waals surface area contributed by atoms with E-state index in [1.807, 2.05) is 48.7 Å². The maximum absolute atomic E-state index is 13.0. The molecule has 3 aromatic rings. The second kappa shape index (κ2) is 11.1. The van der Waals surface area contributed by atoms with Crippen LogP contribution in [-0.2, 0) is 14.3 Å². The second-order valence-corrected chi connectivity index (χ2v) is 8.30. The first kappa shape index (κ1) is 24.3. The molecule has 184 valence electrons. The van der Waals surface area contributed by atoms with Crippen LogP contribution in [0.25, 0.3) is 16.9 Å². The van der Waals surface area contributed by atoms with Gasteiger partial charge in [-0.15, -0.1) is 0 Å². The van der Waals surface area contributed by atoms with Crippen LogP contribution in [0.3, 0.4) is 0 Å². The van der Waals surface area contributed by atoms with Gasteiger partial charge in [0.05, 0.1) is 32.2 Å². The normalized spacial score (nSPS) is 12.8. The molecule has 9 heteroatoms. The van der Waals surface area contributed by atoms with Gasteiger partial charge >= 0.3 is 0 Å². The third-order valence-corrected chi connectivity index (χ3v) is 5.81. The van der Waals surface area contributed by atoms with E-state index < -0.39 is 0 Å². The van der Waals surface area contributed by atoms with E-state index in [4.69, 9.17) is 14.2 Å². The number of amides is 2. The smallest absolute Gasteiger partial charge is 0.246 e. The van der Waals surface area contributed by atoms with Crippen molar-refractivity contribution >= 4 is 17.8 Å². The van der Waals surface area contributed by atoms with E-state index in [0.717, 1.165) is 24.1 Å². The van der Waals surface area contributed by atoms with Gasteiger partial charge in [-0.25, -0.2) is 4.98 Å². The van der Waals surface area contributed by atoms with Crippen LogP contribution in [0.4, 0.5) is 5.95 Å². The molecule has 1 N–H and O–H groups in total. The second-order valence-electron chi connectivity index (χ2n) is 8.30. The summed E-state index contributed by atoms with van der Waals surface area (Å²) < 4.78 is 17.7. The number of carbonyl (C=O) groups is 2. The number of aromatic nitrogens is 2. The number of imidazole rings is 1. The fourth-order valence-corrected chi connectivity index (χ4v) is 3.78. The van der Waals surface area contributed by atoms with E-state index >= 15 is 0 Å². The number of hydrogen-bond acceptors (Lipinski definition) is 6. The van der Waals surface area contributed by atoms with Crippen LogP contribution in [0.1, 0.15) is 12.8 Å². The Balaban J connectivity index is 1.63. The Bertz CT molecular complexity index is 1170. The third kappa shape index (κ3) is 5.81. The standard InChI is InChI=1S/C26H30N4O5/c1-33-14-13-29(25(32)19-9-10-19)17-24(31)28-26-27-21(18-7-5-4-6-8-18)16-30(26)20-11-12-22(34-2)23(15-20)35-3/h4-8,11-12,15-16,19H,9-10,13-14,17H2,1-3H3,(H,27,28,31). The molecule has 0 radical (unpaired) electrons. The topological polar surface area (TPSA) is 94.9 Å². The zero-order valence-electron chi connectivity index (χ0n) is 20.2. The SMILES string of the molecule is COCCN(CC(=O)Nc1nc(-c2ccccc2)cn1-c1ccc(OC)c(OC)c1)C(=O)C1CC1. The minimum Gasteiger partial charge on any atom is -0.493 e. The molecule has 1 heterocycles. The lowest BCUT2D eigenvalue weighted by atomic mass is 10.2. The van der Waals surface area contributed by atoms with Crippen molar-refractivity contribution in [3.8, 4) is 28.4 Å². The maximum atomic E-state index is 13.0. The van der Waals surface area contributed by atoms with Gasteiger partial charge in [0.1, 0.15) is 6.54 Å². The summed E-state index contributed by atoms with van der Waals surface area (Å²) in [5.41, 5.74) is 2.34. The first-order chi connectivity index (χ1) is 17.0. The number of nitrogens with one attached hydrogen (secondary N) is 1. The molecular formula is C26H30N4O5. The molecule has 1 aliphatic carbocycles. The number of benzene rings is 2. The summed E-state index contributed by atoms with van der Waals surface area (Å²) in [5, 5.41) is 2.89. The quantitative estimate of drug-likeness (QED) is 0.454.